The normalized spacial score (nSPS) is 12.1. The van der Waals surface area contributed by atoms with E-state index in [-0.39, 0.29) is 31.1 Å². The van der Waals surface area contributed by atoms with Crippen molar-refractivity contribution < 1.29 is 28.6 Å². The lowest BCUT2D eigenvalue weighted by Gasteiger charge is -2.18. The van der Waals surface area contributed by atoms with Crippen molar-refractivity contribution in [2.24, 2.45) is 0 Å². The zero-order valence-corrected chi connectivity index (χ0v) is 49.4. The molecule has 73 heavy (non-hydrogen) atoms. The molecule has 0 aromatic rings. The van der Waals surface area contributed by atoms with Gasteiger partial charge in [-0.05, 0) is 51.4 Å². The Hall–Kier alpha value is -2.11. The Labute approximate surface area is 455 Å². The molecule has 1 atom stereocenters. The number of hydrogen-bond donors (Lipinski definition) is 0. The van der Waals surface area contributed by atoms with Crippen molar-refractivity contribution in [2.75, 3.05) is 13.2 Å². The van der Waals surface area contributed by atoms with Crippen LogP contribution in [0.2, 0.25) is 0 Å². The van der Waals surface area contributed by atoms with E-state index in [0.717, 1.165) is 64.2 Å². The van der Waals surface area contributed by atoms with Crippen LogP contribution in [0.15, 0.2) is 24.3 Å². The molecule has 0 aliphatic heterocycles. The Morgan fingerprint density at radius 2 is 0.493 bits per heavy atom. The van der Waals surface area contributed by atoms with Gasteiger partial charge in [0.25, 0.3) is 0 Å². The highest BCUT2D eigenvalue weighted by Gasteiger charge is 2.19. The molecule has 430 valence electrons. The van der Waals surface area contributed by atoms with Crippen LogP contribution >= 0.6 is 0 Å². The summed E-state index contributed by atoms with van der Waals surface area (Å²) in [6.07, 6.45) is 75.1. The van der Waals surface area contributed by atoms with Gasteiger partial charge in [-0.15, -0.1) is 0 Å². The summed E-state index contributed by atoms with van der Waals surface area (Å²) in [5, 5.41) is 0. The van der Waals surface area contributed by atoms with Crippen molar-refractivity contribution in [1.29, 1.82) is 0 Å². The van der Waals surface area contributed by atoms with Crippen LogP contribution in [0.5, 0.6) is 0 Å². The predicted octanol–water partition coefficient (Wildman–Crippen LogP) is 22.2. The summed E-state index contributed by atoms with van der Waals surface area (Å²) in [5.41, 5.74) is 0. The standard InChI is InChI=1S/C67H126O6/c1-4-7-10-13-16-18-20-22-24-26-27-28-29-30-31-32-33-34-35-36-37-38-39-41-42-44-46-48-51-54-57-60-66(69)72-63-64(62-71-65(68)59-56-53-50-15-12-9-6-3)73-67(70)61-58-55-52-49-47-45-43-40-25-23-21-19-17-14-11-8-5-2/h20,22,26-27,64H,4-19,21,23-25,28-63H2,1-3H3/b22-20-,27-26-. The summed E-state index contributed by atoms with van der Waals surface area (Å²) >= 11 is 0. The number of carbonyl (C=O) groups is 3. The average molecular weight is 1030 g/mol. The molecule has 0 saturated heterocycles. The molecule has 0 bridgehead atoms. The molecule has 0 spiro atoms. The maximum Gasteiger partial charge on any atom is 0.306 e. The number of unbranched alkanes of at least 4 members (excludes halogenated alkanes) is 46. The Morgan fingerprint density at radius 1 is 0.274 bits per heavy atom. The van der Waals surface area contributed by atoms with E-state index in [1.807, 2.05) is 0 Å². The lowest BCUT2D eigenvalue weighted by atomic mass is 10.0. The summed E-state index contributed by atoms with van der Waals surface area (Å²) < 4.78 is 16.8. The molecule has 0 aromatic heterocycles. The quantitative estimate of drug-likeness (QED) is 0.0261. The maximum atomic E-state index is 12.8. The van der Waals surface area contributed by atoms with Gasteiger partial charge in [0.2, 0.25) is 0 Å². The molecule has 6 heteroatoms. The van der Waals surface area contributed by atoms with Gasteiger partial charge in [0.05, 0.1) is 0 Å². The lowest BCUT2D eigenvalue weighted by molar-refractivity contribution is -0.167. The van der Waals surface area contributed by atoms with Crippen molar-refractivity contribution in [3.05, 3.63) is 24.3 Å². The highest BCUT2D eigenvalue weighted by molar-refractivity contribution is 5.71. The Morgan fingerprint density at radius 3 is 0.753 bits per heavy atom. The predicted molar refractivity (Wildman–Crippen MR) is 316 cm³/mol. The molecule has 0 N–H and O–H groups in total. The molecule has 0 aliphatic carbocycles. The van der Waals surface area contributed by atoms with Crippen LogP contribution in [0.1, 0.15) is 367 Å². The highest BCUT2D eigenvalue weighted by atomic mass is 16.6. The van der Waals surface area contributed by atoms with Gasteiger partial charge >= 0.3 is 17.9 Å². The van der Waals surface area contributed by atoms with Crippen molar-refractivity contribution >= 4 is 17.9 Å². The van der Waals surface area contributed by atoms with Gasteiger partial charge in [-0.25, -0.2) is 0 Å². The van der Waals surface area contributed by atoms with Crippen LogP contribution in [0, 0.1) is 0 Å². The molecule has 1 unspecified atom stereocenters. The van der Waals surface area contributed by atoms with Gasteiger partial charge < -0.3 is 14.2 Å². The minimum Gasteiger partial charge on any atom is -0.462 e. The average Bonchev–Trinajstić information content (AvgIpc) is 3.39. The summed E-state index contributed by atoms with van der Waals surface area (Å²) in [5.74, 6) is -0.845. The Kier molecular flexibility index (Phi) is 60.6. The third-order valence-corrected chi connectivity index (χ3v) is 15.0. The van der Waals surface area contributed by atoms with Crippen LogP contribution in [0.3, 0.4) is 0 Å². The molecular formula is C67H126O6. The topological polar surface area (TPSA) is 78.9 Å². The van der Waals surface area contributed by atoms with Gasteiger partial charge in [0, 0.05) is 19.3 Å². The van der Waals surface area contributed by atoms with E-state index < -0.39 is 6.10 Å². The van der Waals surface area contributed by atoms with E-state index in [1.165, 1.54) is 263 Å². The first-order valence-electron chi connectivity index (χ1n) is 32.8. The minimum absolute atomic E-state index is 0.0643. The molecule has 0 aliphatic rings. The number of hydrogen-bond acceptors (Lipinski definition) is 6. The maximum absolute atomic E-state index is 12.8. The fourth-order valence-electron chi connectivity index (χ4n) is 10.0. The van der Waals surface area contributed by atoms with E-state index in [1.54, 1.807) is 0 Å². The number of rotatable bonds is 61. The van der Waals surface area contributed by atoms with Gasteiger partial charge in [0.15, 0.2) is 6.10 Å². The molecule has 0 amide bonds. The van der Waals surface area contributed by atoms with Crippen LogP contribution in [-0.4, -0.2) is 37.2 Å². The second-order valence-electron chi connectivity index (χ2n) is 22.4. The van der Waals surface area contributed by atoms with E-state index in [4.69, 9.17) is 14.2 Å². The molecular weight excluding hydrogens is 901 g/mol. The zero-order valence-electron chi connectivity index (χ0n) is 49.4. The Bertz CT molecular complexity index is 1180. The van der Waals surface area contributed by atoms with Gasteiger partial charge in [0.1, 0.15) is 13.2 Å². The SMILES string of the molecule is CCCCCCC/C=C\C/C=C\CCCCCCCCCCCCCCCCCCCCCC(=O)OCC(COC(=O)CCCCCCCCC)OC(=O)CCCCCCCCCCCCCCCCCCC. The van der Waals surface area contributed by atoms with Gasteiger partial charge in [-0.2, -0.15) is 0 Å². The molecule has 0 aromatic carbocycles. The van der Waals surface area contributed by atoms with E-state index >= 15 is 0 Å². The van der Waals surface area contributed by atoms with Crippen molar-refractivity contribution in [1.82, 2.24) is 0 Å². The second-order valence-corrected chi connectivity index (χ2v) is 22.4. The molecule has 0 heterocycles. The van der Waals surface area contributed by atoms with Crippen LogP contribution in [0.4, 0.5) is 0 Å². The molecule has 0 fully saturated rings. The Balaban J connectivity index is 3.98. The largest absolute Gasteiger partial charge is 0.462 e. The fraction of sp³-hybridized carbons (Fsp3) is 0.896. The number of carbonyl (C=O) groups excluding carboxylic acids is 3. The first-order valence-corrected chi connectivity index (χ1v) is 32.8. The monoisotopic (exact) mass is 1030 g/mol. The van der Waals surface area contributed by atoms with Crippen LogP contribution in [-0.2, 0) is 28.6 Å². The zero-order chi connectivity index (χ0) is 52.9. The number of ether oxygens (including phenoxy) is 3. The molecule has 0 saturated carbocycles. The van der Waals surface area contributed by atoms with E-state index in [9.17, 15) is 14.4 Å². The van der Waals surface area contributed by atoms with Gasteiger partial charge in [-0.1, -0.05) is 321 Å². The summed E-state index contributed by atoms with van der Waals surface area (Å²) in [4.78, 5) is 38.0. The van der Waals surface area contributed by atoms with Crippen LogP contribution < -0.4 is 0 Å². The highest BCUT2D eigenvalue weighted by Crippen LogP contribution is 2.18. The molecule has 0 rings (SSSR count). The van der Waals surface area contributed by atoms with Crippen LogP contribution in [0.25, 0.3) is 0 Å². The lowest BCUT2D eigenvalue weighted by Crippen LogP contribution is -2.30. The van der Waals surface area contributed by atoms with Crippen molar-refractivity contribution in [2.45, 2.75) is 374 Å². The number of esters is 3. The molecule has 0 radical (unpaired) electrons. The summed E-state index contributed by atoms with van der Waals surface area (Å²) in [6.45, 7) is 6.65. The fourth-order valence-corrected chi connectivity index (χ4v) is 10.0. The van der Waals surface area contributed by atoms with Gasteiger partial charge in [-0.3, -0.25) is 14.4 Å². The van der Waals surface area contributed by atoms with E-state index in [0.29, 0.717) is 19.3 Å². The first kappa shape index (κ1) is 70.9. The third kappa shape index (κ3) is 60.6. The third-order valence-electron chi connectivity index (χ3n) is 15.0. The minimum atomic E-state index is -0.763. The van der Waals surface area contributed by atoms with E-state index in [2.05, 4.69) is 45.1 Å². The summed E-state index contributed by atoms with van der Waals surface area (Å²) in [6, 6.07) is 0. The second kappa shape index (κ2) is 62.4. The number of allylic oxidation sites excluding steroid dienone is 4. The molecule has 6 nitrogen and oxygen atoms in total. The van der Waals surface area contributed by atoms with Crippen molar-refractivity contribution in [3.8, 4) is 0 Å². The van der Waals surface area contributed by atoms with Crippen molar-refractivity contribution in [3.63, 3.8) is 0 Å². The smallest absolute Gasteiger partial charge is 0.306 e. The summed E-state index contributed by atoms with van der Waals surface area (Å²) in [7, 11) is 0. The first-order chi connectivity index (χ1) is 36.0.